The van der Waals surface area contributed by atoms with Crippen LogP contribution < -0.4 is 97.3 Å². The topological polar surface area (TPSA) is 816 Å². The van der Waals surface area contributed by atoms with Gasteiger partial charge >= 0.3 is 35.5 Å². The number of aryl methyl sites for hydroxylation is 1. The molecule has 13 atom stereocenters. The number of carboxylic acid groups (broad SMARTS) is 4. The van der Waals surface area contributed by atoms with Gasteiger partial charge in [0.15, 0.2) is 5.78 Å². The molecule has 0 spiro atoms. The molecule has 1 fully saturated rings. The van der Waals surface area contributed by atoms with Gasteiger partial charge in [0.2, 0.25) is 88.6 Å². The number of amides is 15. The standard InChI is InChI=1S/C84H110N18O32S/c1-6-7-8-9-10-11-12-23-63(106)94-52(26-43-35-89-50-21-16-14-18-44(43)50)77(122)97-53(31-62(87)105)78(123)99-56(34-70(116)117)79(124)102-72-42(5)133-84(129)57(30-59(104)45-19-13-15-20-48(45)85)100-82(127)71(39(2)25-67(110)111)101-80(125)58(38-103)95-66(109)36-90-74(119)54(32-68(112)113)96-73(118)41(4)92-76(121)55(33-69(114)115)98-75(120)51(93-65(108)37-91-81(72)126)22-17-24-88-64(107)28-47-40(3)46-27-61(135(130,131)132)49(86)29-60(46)134-83(47)128/h13-16,18-21,27,29,35,39,41-42,51-58,71-72,89,103H,6-12,17,22-26,28,30-34,36-38,85-86H2,1-5H3,(H2,87,105)(H,88,107)(H,90,119)(H,91,126)(H,92,121)(H,93,108)(H,94,106)(H,95,109)(H,96,118)(H,97,122)(H,98,120)(H,99,123)(H,100,127)(H,101,125)(H,102,124)(H,110,111)(H,112,113)(H,114,115)(H,116,117)(H,130,131,132)/t39-,41+,42+,51-,52-,53+,54-,55-,56-,57-,58+,71-,72-/m0/s1. The van der Waals surface area contributed by atoms with Crippen LogP contribution in [0.4, 0.5) is 11.4 Å². The highest BCUT2D eigenvalue weighted by molar-refractivity contribution is 7.86. The number of hydrogen-bond acceptors (Lipinski definition) is 29. The third kappa shape index (κ3) is 34.2. The number of aliphatic hydroxyl groups is 1. The highest BCUT2D eigenvalue weighted by Crippen LogP contribution is 2.29. The second-order valence-electron chi connectivity index (χ2n) is 31.8. The Morgan fingerprint density at radius 2 is 1.13 bits per heavy atom. The van der Waals surface area contributed by atoms with E-state index in [-0.39, 0.29) is 46.2 Å². The van der Waals surface area contributed by atoms with Crippen LogP contribution in [0.2, 0.25) is 0 Å². The van der Waals surface area contributed by atoms with E-state index in [1.165, 1.54) is 25.1 Å². The molecular weight excluding hydrogens is 1810 g/mol. The molecule has 1 saturated heterocycles. The average molecular weight is 1920 g/mol. The Kier molecular flexibility index (Phi) is 41.6. The quantitative estimate of drug-likeness (QED) is 0.00437. The van der Waals surface area contributed by atoms with Crippen LogP contribution in [0.15, 0.2) is 81.0 Å². The van der Waals surface area contributed by atoms with E-state index in [0.29, 0.717) is 29.3 Å². The van der Waals surface area contributed by atoms with E-state index in [4.69, 9.17) is 26.4 Å². The summed E-state index contributed by atoms with van der Waals surface area (Å²) in [5, 5.41) is 81.3. The van der Waals surface area contributed by atoms with Crippen molar-refractivity contribution in [2.24, 2.45) is 11.7 Å². The molecule has 50 nitrogen and oxygen atoms in total. The lowest BCUT2D eigenvalue weighted by atomic mass is 9.96. The van der Waals surface area contributed by atoms with Crippen LogP contribution in [0.5, 0.6) is 0 Å². The van der Waals surface area contributed by atoms with E-state index >= 15 is 9.59 Å². The van der Waals surface area contributed by atoms with Crippen molar-refractivity contribution in [2.45, 2.75) is 228 Å². The fraction of sp³-hybridized carbons (Fsp3) is 0.476. The van der Waals surface area contributed by atoms with Crippen LogP contribution in [-0.2, 0) is 124 Å². The number of Topliss-reactive ketones (excluding diaryl/α,β-unsaturated/α-hetero) is 1. The van der Waals surface area contributed by atoms with Crippen LogP contribution in [0.25, 0.3) is 21.9 Å². The fourth-order valence-electron chi connectivity index (χ4n) is 14.0. The molecule has 734 valence electrons. The summed E-state index contributed by atoms with van der Waals surface area (Å²) < 4.78 is 45.1. The minimum absolute atomic E-state index is 0.0156. The number of anilines is 2. The van der Waals surface area contributed by atoms with Crippen LogP contribution >= 0.6 is 0 Å². The van der Waals surface area contributed by atoms with Gasteiger partial charge in [0.1, 0.15) is 83.0 Å². The van der Waals surface area contributed by atoms with Gasteiger partial charge in [0.25, 0.3) is 10.1 Å². The summed E-state index contributed by atoms with van der Waals surface area (Å²) in [7, 11) is -4.95. The molecule has 0 unspecified atom stereocenters. The van der Waals surface area contributed by atoms with E-state index in [9.17, 15) is 134 Å². The van der Waals surface area contributed by atoms with Crippen molar-refractivity contribution < 1.29 is 148 Å². The van der Waals surface area contributed by atoms with Crippen molar-refractivity contribution in [3.05, 3.63) is 99.5 Å². The van der Waals surface area contributed by atoms with Gasteiger partial charge in [-0.15, -0.1) is 0 Å². The van der Waals surface area contributed by atoms with E-state index in [0.717, 1.165) is 71.1 Å². The Bertz CT molecular complexity index is 5490. The van der Waals surface area contributed by atoms with Crippen LogP contribution in [0.1, 0.15) is 157 Å². The van der Waals surface area contributed by atoms with Gasteiger partial charge in [0.05, 0.1) is 69.5 Å². The number of fused-ring (bicyclic) bond motifs is 2. The number of unbranched alkanes of at least 4 members (excludes halogenated alkanes) is 6. The number of carbonyl (C=O) groups excluding carboxylic acids is 17. The minimum Gasteiger partial charge on any atom is -0.481 e. The van der Waals surface area contributed by atoms with E-state index < -0.39 is 313 Å². The number of nitrogens with one attached hydrogen (secondary N) is 15. The summed E-state index contributed by atoms with van der Waals surface area (Å²) in [5.41, 5.74) is 15.8. The maximum atomic E-state index is 15.1. The summed E-state index contributed by atoms with van der Waals surface area (Å²) in [6, 6.07) is -10.1. The summed E-state index contributed by atoms with van der Waals surface area (Å²) in [6.07, 6.45) is -4.59. The molecule has 27 N–H and O–H groups in total. The Morgan fingerprint density at radius 1 is 0.563 bits per heavy atom. The summed E-state index contributed by atoms with van der Waals surface area (Å²) in [4.78, 5) is 307. The molecule has 2 aromatic heterocycles. The smallest absolute Gasteiger partial charge is 0.340 e. The molecule has 3 heterocycles. The molecule has 6 rings (SSSR count). The Morgan fingerprint density at radius 3 is 1.74 bits per heavy atom. The Hall–Kier alpha value is -15.0. The second kappa shape index (κ2) is 51.7. The van der Waals surface area contributed by atoms with E-state index in [2.05, 4.69) is 70.4 Å². The Labute approximate surface area is 768 Å². The zero-order chi connectivity index (χ0) is 100. The normalized spacial score (nSPS) is 19.9. The lowest BCUT2D eigenvalue weighted by Gasteiger charge is -2.30. The number of para-hydroxylation sites is 2. The van der Waals surface area contributed by atoms with E-state index in [1.54, 1.807) is 30.5 Å². The van der Waals surface area contributed by atoms with Crippen molar-refractivity contribution in [1.82, 2.24) is 79.4 Å². The SMILES string of the molecule is CCCCCCCCCC(=O)N[C@@H](Cc1c[nH]c2ccccc12)C(=O)N[C@H](CC(N)=O)C(=O)N[C@@H](CC(=O)O)C(=O)N[C@@H]1C(=O)NCC(=O)N[C@@H](CCCNC(=O)Cc2c(C)c3cc(S(=O)(=O)O)c(N)cc3oc2=O)C(=O)N[C@@H](CC(=O)O)C(=O)N[C@H](C)C(=O)N[C@@H](CC(=O)O)C(=O)NCC(=O)N[C@H](CO)C(=O)N[C@@H]([C@@H](C)CC(=O)O)C(=O)N[C@@H](CC(=O)c2ccccc2N)C(=O)O[C@@H]1C. The highest BCUT2D eigenvalue weighted by atomic mass is 32.2. The number of aliphatic carboxylic acids is 4. The number of esters is 1. The first kappa shape index (κ1) is 109. The molecule has 15 amide bonds. The molecule has 0 radical (unpaired) electrons. The molecule has 3 aromatic carbocycles. The number of primary amides is 1. The van der Waals surface area contributed by atoms with Crippen molar-refractivity contribution >= 4 is 168 Å². The number of aromatic amines is 1. The summed E-state index contributed by atoms with van der Waals surface area (Å²) in [6.45, 7) is 1.67. The monoisotopic (exact) mass is 1910 g/mol. The number of nitrogen functional groups attached to an aromatic ring is 2. The zero-order valence-electron chi connectivity index (χ0n) is 73.9. The van der Waals surface area contributed by atoms with Crippen molar-refractivity contribution in [3.63, 3.8) is 0 Å². The number of carboxylic acids is 4. The molecule has 1 aliphatic heterocycles. The number of hydrogen-bond donors (Lipinski definition) is 24. The minimum atomic E-state index is -4.95. The first-order valence-electron chi connectivity index (χ1n) is 42.5. The second-order valence-corrected chi connectivity index (χ2v) is 33.2. The number of benzene rings is 3. The Balaban J connectivity index is 1.45. The number of rotatable bonds is 39. The zero-order valence-corrected chi connectivity index (χ0v) is 74.7. The number of carbonyl (C=O) groups is 21. The molecule has 135 heavy (non-hydrogen) atoms. The highest BCUT2D eigenvalue weighted by Gasteiger charge is 2.42. The lowest BCUT2D eigenvalue weighted by Crippen LogP contribution is -2.62. The van der Waals surface area contributed by atoms with Crippen LogP contribution in [0.3, 0.4) is 0 Å². The molecule has 1 aliphatic rings. The molecule has 51 heteroatoms. The fourth-order valence-corrected chi connectivity index (χ4v) is 14.7. The summed E-state index contributed by atoms with van der Waals surface area (Å²) >= 11 is 0. The van der Waals surface area contributed by atoms with Gasteiger partial charge in [-0.05, 0) is 81.3 Å². The van der Waals surface area contributed by atoms with E-state index in [1.807, 2.05) is 16.0 Å². The number of ether oxygens (including phenoxy) is 1. The predicted octanol–water partition coefficient (Wildman–Crippen LogP) is -4.98. The number of cyclic esters (lactones) is 1. The lowest BCUT2D eigenvalue weighted by molar-refractivity contribution is -0.156. The van der Waals surface area contributed by atoms with Gasteiger partial charge in [-0.25, -0.2) is 9.59 Å². The van der Waals surface area contributed by atoms with Gasteiger partial charge in [0, 0.05) is 65.6 Å². The number of ketones is 1. The first-order chi connectivity index (χ1) is 63.6. The van der Waals surface area contributed by atoms with Gasteiger partial charge < -0.3 is 131 Å². The predicted molar refractivity (Wildman–Crippen MR) is 469 cm³/mol. The first-order valence-corrected chi connectivity index (χ1v) is 43.9. The van der Waals surface area contributed by atoms with Crippen LogP contribution in [-0.4, -0.2) is 267 Å². The third-order valence-electron chi connectivity index (χ3n) is 21.2. The van der Waals surface area contributed by atoms with Gasteiger partial charge in [-0.3, -0.25) is 100 Å². The number of aromatic nitrogens is 1. The number of H-pyrrole nitrogens is 1. The molecule has 0 bridgehead atoms. The molecule has 0 saturated carbocycles. The van der Waals surface area contributed by atoms with Crippen LogP contribution in [0, 0.1) is 12.8 Å². The molecular formula is C84H110N18O32S. The summed E-state index contributed by atoms with van der Waals surface area (Å²) in [5.74, 6) is -32.2. The van der Waals surface area contributed by atoms with Gasteiger partial charge in [-0.1, -0.05) is 82.7 Å². The van der Waals surface area contributed by atoms with Crippen molar-refractivity contribution in [3.8, 4) is 0 Å². The number of nitrogens with two attached hydrogens (primary N) is 3. The maximum absolute atomic E-state index is 15.1. The number of aliphatic hydroxyl groups excluding tert-OH is 1. The van der Waals surface area contributed by atoms with Crippen molar-refractivity contribution in [1.29, 1.82) is 0 Å². The molecule has 5 aromatic rings. The molecule has 0 aliphatic carbocycles. The maximum Gasteiger partial charge on any atom is 0.340 e. The van der Waals surface area contributed by atoms with Crippen molar-refractivity contribution in [2.75, 3.05) is 37.7 Å². The van der Waals surface area contributed by atoms with Gasteiger partial charge in [-0.2, -0.15) is 8.42 Å². The third-order valence-corrected chi connectivity index (χ3v) is 22.1. The average Bonchev–Trinajstić information content (AvgIpc) is 1.24. The largest absolute Gasteiger partial charge is 0.481 e.